The van der Waals surface area contributed by atoms with Crippen LogP contribution >= 0.6 is 23.2 Å². The molecule has 1 aromatic carbocycles. The number of nitrogens with one attached hydrogen (secondary N) is 2. The molecule has 7 heteroatoms. The van der Waals surface area contributed by atoms with Crippen molar-refractivity contribution in [3.05, 3.63) is 46.1 Å². The Balaban J connectivity index is 2.33. The van der Waals surface area contributed by atoms with E-state index in [1.54, 1.807) is 31.2 Å². The summed E-state index contributed by atoms with van der Waals surface area (Å²) in [5.41, 5.74) is 1.43. The van der Waals surface area contributed by atoms with E-state index >= 15 is 0 Å². The van der Waals surface area contributed by atoms with Gasteiger partial charge in [0.25, 0.3) is 0 Å². The molecule has 2 N–H and O–H groups in total. The third kappa shape index (κ3) is 3.72. The topological polar surface area (TPSA) is 67.4 Å². The standard InChI is InChI=1S/C15H16Cl2N2O3/c1-9-12(14(20)22-8-4-7-16)13(19-15(21)18-9)10-5-2-3-6-11(10)17/h2-3,5-6,13H,4,7-8H2,1H3,(H2,18,19,21)/t13-/m0/s1. The van der Waals surface area contributed by atoms with Crippen LogP contribution in [-0.4, -0.2) is 24.5 Å². The summed E-state index contributed by atoms with van der Waals surface area (Å²) in [6, 6.07) is 6.01. The first-order valence-corrected chi connectivity index (χ1v) is 7.71. The first kappa shape index (κ1) is 16.6. The molecule has 1 aliphatic rings. The summed E-state index contributed by atoms with van der Waals surface area (Å²) in [7, 11) is 0. The van der Waals surface area contributed by atoms with Crippen LogP contribution in [0.3, 0.4) is 0 Å². The normalized spacial score (nSPS) is 17.8. The summed E-state index contributed by atoms with van der Waals surface area (Å²) >= 11 is 11.8. The van der Waals surface area contributed by atoms with Crippen molar-refractivity contribution in [3.63, 3.8) is 0 Å². The Morgan fingerprint density at radius 3 is 2.77 bits per heavy atom. The lowest BCUT2D eigenvalue weighted by Gasteiger charge is -2.28. The maximum absolute atomic E-state index is 12.3. The lowest BCUT2D eigenvalue weighted by Crippen LogP contribution is -2.45. The van der Waals surface area contributed by atoms with Crippen molar-refractivity contribution in [1.82, 2.24) is 10.6 Å². The van der Waals surface area contributed by atoms with Gasteiger partial charge in [0.15, 0.2) is 0 Å². The molecule has 5 nitrogen and oxygen atoms in total. The second-order valence-electron chi connectivity index (χ2n) is 4.77. The lowest BCUT2D eigenvalue weighted by atomic mass is 9.95. The summed E-state index contributed by atoms with van der Waals surface area (Å²) in [5.74, 6) is -0.0890. The van der Waals surface area contributed by atoms with Gasteiger partial charge in [0.2, 0.25) is 0 Å². The largest absolute Gasteiger partial charge is 0.462 e. The fraction of sp³-hybridized carbons (Fsp3) is 0.333. The average Bonchev–Trinajstić information content (AvgIpc) is 2.47. The van der Waals surface area contributed by atoms with Crippen LogP contribution in [0.2, 0.25) is 5.02 Å². The SMILES string of the molecule is CC1=C(C(=O)OCCCCl)[C@H](c2ccccc2Cl)NC(=O)N1. The lowest BCUT2D eigenvalue weighted by molar-refractivity contribution is -0.139. The van der Waals surface area contributed by atoms with Gasteiger partial charge in [-0.05, 0) is 25.0 Å². The molecular weight excluding hydrogens is 327 g/mol. The van der Waals surface area contributed by atoms with Gasteiger partial charge in [-0.2, -0.15) is 0 Å². The fourth-order valence-electron chi connectivity index (χ4n) is 2.20. The number of benzene rings is 1. The van der Waals surface area contributed by atoms with Gasteiger partial charge in [-0.3, -0.25) is 0 Å². The van der Waals surface area contributed by atoms with Gasteiger partial charge in [-0.15, -0.1) is 11.6 Å². The quantitative estimate of drug-likeness (QED) is 0.490. The molecule has 22 heavy (non-hydrogen) atoms. The van der Waals surface area contributed by atoms with Gasteiger partial charge in [0.1, 0.15) is 0 Å². The van der Waals surface area contributed by atoms with Crippen LogP contribution in [0.25, 0.3) is 0 Å². The molecule has 0 fully saturated rings. The molecule has 0 saturated carbocycles. The fourth-order valence-corrected chi connectivity index (χ4v) is 2.56. The van der Waals surface area contributed by atoms with Crippen LogP contribution < -0.4 is 10.6 Å². The summed E-state index contributed by atoms with van der Waals surface area (Å²) < 4.78 is 5.20. The molecule has 0 aromatic heterocycles. The Morgan fingerprint density at radius 2 is 2.09 bits per heavy atom. The number of rotatable bonds is 5. The third-order valence-corrected chi connectivity index (χ3v) is 3.83. The summed E-state index contributed by atoms with van der Waals surface area (Å²) in [6.07, 6.45) is 0.566. The van der Waals surface area contributed by atoms with Crippen molar-refractivity contribution >= 4 is 35.2 Å². The Morgan fingerprint density at radius 1 is 1.36 bits per heavy atom. The van der Waals surface area contributed by atoms with Crippen LogP contribution in [0.4, 0.5) is 4.79 Å². The van der Waals surface area contributed by atoms with Crippen LogP contribution in [0.15, 0.2) is 35.5 Å². The molecule has 0 aliphatic carbocycles. The highest BCUT2D eigenvalue weighted by Crippen LogP contribution is 2.31. The van der Waals surface area contributed by atoms with E-state index in [2.05, 4.69) is 10.6 Å². The Labute approximate surface area is 138 Å². The summed E-state index contributed by atoms with van der Waals surface area (Å²) in [4.78, 5) is 24.1. The zero-order valence-electron chi connectivity index (χ0n) is 12.0. The van der Waals surface area contributed by atoms with Crippen molar-refractivity contribution in [3.8, 4) is 0 Å². The summed E-state index contributed by atoms with van der Waals surface area (Å²) in [6.45, 7) is 1.88. The second kappa shape index (κ2) is 7.51. The monoisotopic (exact) mass is 342 g/mol. The number of hydrogen-bond acceptors (Lipinski definition) is 3. The number of allylic oxidation sites excluding steroid dienone is 1. The smallest absolute Gasteiger partial charge is 0.338 e. The van der Waals surface area contributed by atoms with Gasteiger partial charge < -0.3 is 15.4 Å². The van der Waals surface area contributed by atoms with Gasteiger partial charge in [0.05, 0.1) is 18.2 Å². The third-order valence-electron chi connectivity index (χ3n) is 3.22. The highest BCUT2D eigenvalue weighted by molar-refractivity contribution is 6.31. The summed E-state index contributed by atoms with van der Waals surface area (Å²) in [5, 5.41) is 5.75. The van der Waals surface area contributed by atoms with Crippen molar-refractivity contribution < 1.29 is 14.3 Å². The van der Waals surface area contributed by atoms with E-state index in [0.29, 0.717) is 34.2 Å². The molecule has 0 bridgehead atoms. The van der Waals surface area contributed by atoms with Gasteiger partial charge in [0, 0.05) is 16.6 Å². The number of halogens is 2. The first-order valence-electron chi connectivity index (χ1n) is 6.80. The average molecular weight is 343 g/mol. The number of alkyl halides is 1. The zero-order chi connectivity index (χ0) is 16.1. The van der Waals surface area contributed by atoms with E-state index in [4.69, 9.17) is 27.9 Å². The van der Waals surface area contributed by atoms with Crippen LogP contribution in [-0.2, 0) is 9.53 Å². The highest BCUT2D eigenvalue weighted by Gasteiger charge is 2.33. The predicted octanol–water partition coefficient (Wildman–Crippen LogP) is 3.14. The molecule has 1 atom stereocenters. The Hall–Kier alpha value is -1.72. The van der Waals surface area contributed by atoms with E-state index in [-0.39, 0.29) is 12.6 Å². The first-order chi connectivity index (χ1) is 10.5. The van der Waals surface area contributed by atoms with E-state index in [9.17, 15) is 9.59 Å². The zero-order valence-corrected chi connectivity index (χ0v) is 13.5. The minimum Gasteiger partial charge on any atom is -0.462 e. The molecule has 1 aliphatic heterocycles. The molecule has 118 valence electrons. The van der Waals surface area contributed by atoms with Crippen LogP contribution in [0.5, 0.6) is 0 Å². The minimum absolute atomic E-state index is 0.225. The van der Waals surface area contributed by atoms with Gasteiger partial charge in [-0.25, -0.2) is 9.59 Å². The number of carbonyl (C=O) groups excluding carboxylic acids is 2. The van der Waals surface area contributed by atoms with Gasteiger partial charge in [-0.1, -0.05) is 29.8 Å². The van der Waals surface area contributed by atoms with Gasteiger partial charge >= 0.3 is 12.0 Å². The number of urea groups is 1. The maximum atomic E-state index is 12.3. The highest BCUT2D eigenvalue weighted by atomic mass is 35.5. The molecule has 2 amide bonds. The van der Waals surface area contributed by atoms with Crippen molar-refractivity contribution in [2.24, 2.45) is 0 Å². The Bertz CT molecular complexity index is 617. The molecule has 0 unspecified atom stereocenters. The maximum Gasteiger partial charge on any atom is 0.338 e. The van der Waals surface area contributed by atoms with Crippen LogP contribution in [0, 0.1) is 0 Å². The van der Waals surface area contributed by atoms with E-state index in [0.717, 1.165) is 0 Å². The van der Waals surface area contributed by atoms with Crippen molar-refractivity contribution in [2.45, 2.75) is 19.4 Å². The minimum atomic E-state index is -0.647. The van der Waals surface area contributed by atoms with Crippen molar-refractivity contribution in [2.75, 3.05) is 12.5 Å². The number of hydrogen-bond donors (Lipinski definition) is 2. The molecular formula is C15H16Cl2N2O3. The number of amides is 2. The van der Waals surface area contributed by atoms with E-state index < -0.39 is 12.0 Å². The molecule has 2 rings (SSSR count). The molecule has 0 radical (unpaired) electrons. The van der Waals surface area contributed by atoms with Crippen molar-refractivity contribution in [1.29, 1.82) is 0 Å². The molecule has 1 aromatic rings. The molecule has 0 saturated heterocycles. The second-order valence-corrected chi connectivity index (χ2v) is 5.56. The number of carbonyl (C=O) groups is 2. The number of esters is 1. The van der Waals surface area contributed by atoms with Crippen LogP contribution in [0.1, 0.15) is 24.9 Å². The molecule has 1 heterocycles. The van der Waals surface area contributed by atoms with E-state index in [1.807, 2.05) is 0 Å². The molecule has 0 spiro atoms. The Kier molecular flexibility index (Phi) is 5.69. The van der Waals surface area contributed by atoms with E-state index in [1.165, 1.54) is 0 Å². The number of ether oxygens (including phenoxy) is 1. The predicted molar refractivity (Wildman–Crippen MR) is 84.9 cm³/mol.